The molecule has 75 valence electrons. The lowest BCUT2D eigenvalue weighted by Gasteiger charge is -2.50. The van der Waals surface area contributed by atoms with E-state index >= 15 is 0 Å². The fourth-order valence-corrected chi connectivity index (χ4v) is 2.72. The molecule has 1 amide bonds. The van der Waals surface area contributed by atoms with Crippen molar-refractivity contribution in [1.82, 2.24) is 4.90 Å². The van der Waals surface area contributed by atoms with Crippen LogP contribution in [0.2, 0.25) is 0 Å². The van der Waals surface area contributed by atoms with Gasteiger partial charge in [-0.05, 0) is 31.1 Å². The molecule has 1 saturated carbocycles. The molecule has 1 radical (unpaired) electrons. The number of likely N-dealkylation sites (tertiary alicyclic amines) is 1. The SMILES string of the molecule is [CH2]C(=O)N1CCC2(CC1)CC(C#N)C2. The summed E-state index contributed by atoms with van der Waals surface area (Å²) in [6.07, 6.45) is 4.21. The summed E-state index contributed by atoms with van der Waals surface area (Å²) in [6.45, 7) is 5.09. The fraction of sp³-hybridized carbons (Fsp3) is 0.727. The number of piperidine rings is 1. The first-order valence-corrected chi connectivity index (χ1v) is 5.16. The summed E-state index contributed by atoms with van der Waals surface area (Å²) in [7, 11) is 0. The molecule has 0 aromatic heterocycles. The van der Waals surface area contributed by atoms with Crippen molar-refractivity contribution in [3.05, 3.63) is 6.92 Å². The van der Waals surface area contributed by atoms with Gasteiger partial charge in [0.05, 0.1) is 6.07 Å². The van der Waals surface area contributed by atoms with Crippen LogP contribution < -0.4 is 0 Å². The van der Waals surface area contributed by atoms with E-state index < -0.39 is 0 Å². The van der Waals surface area contributed by atoms with Gasteiger partial charge in [0.25, 0.3) is 0 Å². The number of carbonyl (C=O) groups excluding carboxylic acids is 1. The smallest absolute Gasteiger partial charge is 0.223 e. The predicted octanol–water partition coefficient (Wildman–Crippen LogP) is 1.36. The first-order chi connectivity index (χ1) is 6.65. The van der Waals surface area contributed by atoms with Gasteiger partial charge in [-0.25, -0.2) is 0 Å². The van der Waals surface area contributed by atoms with Gasteiger partial charge in [-0.15, -0.1) is 0 Å². The molecule has 0 aromatic carbocycles. The predicted molar refractivity (Wildman–Crippen MR) is 51.9 cm³/mol. The molecule has 0 aromatic rings. The fourth-order valence-electron chi connectivity index (χ4n) is 2.72. The molecule has 3 nitrogen and oxygen atoms in total. The molecular formula is C11H15N2O. The van der Waals surface area contributed by atoms with Crippen molar-refractivity contribution in [2.45, 2.75) is 25.7 Å². The van der Waals surface area contributed by atoms with Crippen molar-refractivity contribution in [3.63, 3.8) is 0 Å². The number of nitriles is 1. The number of hydrogen-bond donors (Lipinski definition) is 0. The number of amides is 1. The molecule has 2 aliphatic rings. The quantitative estimate of drug-likeness (QED) is 0.580. The van der Waals surface area contributed by atoms with Crippen molar-refractivity contribution < 1.29 is 4.79 Å². The van der Waals surface area contributed by atoms with Crippen LogP contribution in [-0.2, 0) is 4.79 Å². The highest BCUT2D eigenvalue weighted by atomic mass is 16.2. The zero-order valence-corrected chi connectivity index (χ0v) is 8.33. The molecule has 14 heavy (non-hydrogen) atoms. The maximum atomic E-state index is 11.0. The Balaban J connectivity index is 1.86. The lowest BCUT2D eigenvalue weighted by Crippen LogP contribution is -2.48. The number of carbonyl (C=O) groups is 1. The first kappa shape index (κ1) is 9.51. The maximum Gasteiger partial charge on any atom is 0.223 e. The van der Waals surface area contributed by atoms with Crippen molar-refractivity contribution in [1.29, 1.82) is 5.26 Å². The van der Waals surface area contributed by atoms with E-state index in [1.807, 2.05) is 4.90 Å². The van der Waals surface area contributed by atoms with Gasteiger partial charge in [0.2, 0.25) is 5.91 Å². The Kier molecular flexibility index (Phi) is 2.22. The van der Waals surface area contributed by atoms with Crippen LogP contribution in [0, 0.1) is 29.6 Å². The minimum Gasteiger partial charge on any atom is -0.343 e. The van der Waals surface area contributed by atoms with Crippen LogP contribution in [0.3, 0.4) is 0 Å². The van der Waals surface area contributed by atoms with E-state index in [2.05, 4.69) is 13.0 Å². The van der Waals surface area contributed by atoms with Crippen LogP contribution in [0.25, 0.3) is 0 Å². The van der Waals surface area contributed by atoms with Gasteiger partial charge >= 0.3 is 0 Å². The lowest BCUT2D eigenvalue weighted by atomic mass is 9.58. The van der Waals surface area contributed by atoms with Gasteiger partial charge in [-0.1, -0.05) is 0 Å². The van der Waals surface area contributed by atoms with Gasteiger partial charge in [0, 0.05) is 25.9 Å². The topological polar surface area (TPSA) is 44.1 Å². The highest BCUT2D eigenvalue weighted by Gasteiger charge is 2.46. The highest BCUT2D eigenvalue weighted by Crippen LogP contribution is 2.52. The molecule has 0 N–H and O–H groups in total. The molecule has 0 atom stereocenters. The van der Waals surface area contributed by atoms with Gasteiger partial charge in [0.15, 0.2) is 0 Å². The number of hydrogen-bond acceptors (Lipinski definition) is 2. The summed E-state index contributed by atoms with van der Waals surface area (Å²) in [4.78, 5) is 12.8. The van der Waals surface area contributed by atoms with E-state index in [-0.39, 0.29) is 11.8 Å². The Bertz CT molecular complexity index is 276. The van der Waals surface area contributed by atoms with Gasteiger partial charge < -0.3 is 4.90 Å². The summed E-state index contributed by atoms with van der Waals surface area (Å²) in [5.41, 5.74) is 0.395. The van der Waals surface area contributed by atoms with Crippen LogP contribution in [0.4, 0.5) is 0 Å². The van der Waals surface area contributed by atoms with Crippen molar-refractivity contribution >= 4 is 5.91 Å². The Morgan fingerprint density at radius 2 is 2.00 bits per heavy atom. The first-order valence-electron chi connectivity index (χ1n) is 5.16. The van der Waals surface area contributed by atoms with E-state index in [4.69, 9.17) is 5.26 Å². The Hall–Kier alpha value is -1.04. The third-order valence-electron chi connectivity index (χ3n) is 3.72. The number of nitrogens with zero attached hydrogens (tertiary/aromatic N) is 2. The monoisotopic (exact) mass is 191 g/mol. The standard InChI is InChI=1S/C11H15N2O/c1-9(14)13-4-2-11(3-5-13)6-10(7-11)8-12/h10H,1-7H2. The summed E-state index contributed by atoms with van der Waals surface area (Å²) in [6, 6.07) is 2.31. The average Bonchev–Trinajstić information content (AvgIpc) is 2.14. The summed E-state index contributed by atoms with van der Waals surface area (Å²) in [5, 5.41) is 8.72. The molecule has 1 saturated heterocycles. The minimum absolute atomic E-state index is 0.0593. The summed E-state index contributed by atoms with van der Waals surface area (Å²) < 4.78 is 0. The molecule has 0 bridgehead atoms. The zero-order valence-electron chi connectivity index (χ0n) is 8.33. The van der Waals surface area contributed by atoms with Gasteiger partial charge in [0.1, 0.15) is 0 Å². The van der Waals surface area contributed by atoms with Crippen LogP contribution in [0.5, 0.6) is 0 Å². The molecule has 1 aliphatic heterocycles. The molecule has 3 heteroatoms. The second kappa shape index (κ2) is 3.27. The van der Waals surface area contributed by atoms with Gasteiger partial charge in [-0.3, -0.25) is 4.79 Å². The molecule has 1 aliphatic carbocycles. The Labute approximate surface area is 84.7 Å². The lowest BCUT2D eigenvalue weighted by molar-refractivity contribution is -0.130. The Morgan fingerprint density at radius 1 is 1.43 bits per heavy atom. The molecule has 0 unspecified atom stereocenters. The molecule has 2 rings (SSSR count). The third-order valence-corrected chi connectivity index (χ3v) is 3.72. The van der Waals surface area contributed by atoms with E-state index in [1.54, 1.807) is 0 Å². The van der Waals surface area contributed by atoms with E-state index in [0.717, 1.165) is 38.8 Å². The van der Waals surface area contributed by atoms with Gasteiger partial charge in [-0.2, -0.15) is 5.26 Å². The zero-order chi connectivity index (χ0) is 10.2. The van der Waals surface area contributed by atoms with Crippen molar-refractivity contribution in [2.24, 2.45) is 11.3 Å². The maximum absolute atomic E-state index is 11.0. The second-order valence-electron chi connectivity index (χ2n) is 4.62. The average molecular weight is 191 g/mol. The molecule has 2 fully saturated rings. The molecule has 1 spiro atoms. The van der Waals surface area contributed by atoms with Crippen molar-refractivity contribution in [2.75, 3.05) is 13.1 Å². The summed E-state index contributed by atoms with van der Waals surface area (Å²) in [5.74, 6) is 0.216. The molecule has 1 heterocycles. The van der Waals surface area contributed by atoms with E-state index in [1.165, 1.54) is 0 Å². The van der Waals surface area contributed by atoms with E-state index in [9.17, 15) is 4.79 Å². The number of rotatable bonds is 0. The van der Waals surface area contributed by atoms with Crippen LogP contribution in [-0.4, -0.2) is 23.9 Å². The van der Waals surface area contributed by atoms with Crippen molar-refractivity contribution in [3.8, 4) is 6.07 Å². The normalized spacial score (nSPS) is 25.6. The largest absolute Gasteiger partial charge is 0.343 e. The molecular weight excluding hydrogens is 176 g/mol. The van der Waals surface area contributed by atoms with Crippen LogP contribution >= 0.6 is 0 Å². The summed E-state index contributed by atoms with van der Waals surface area (Å²) >= 11 is 0. The van der Waals surface area contributed by atoms with E-state index in [0.29, 0.717) is 5.41 Å². The van der Waals surface area contributed by atoms with Crippen LogP contribution in [0.1, 0.15) is 25.7 Å². The Morgan fingerprint density at radius 3 is 2.43 bits per heavy atom. The van der Waals surface area contributed by atoms with Crippen LogP contribution in [0.15, 0.2) is 0 Å². The third kappa shape index (κ3) is 1.50. The highest BCUT2D eigenvalue weighted by molar-refractivity contribution is 5.80. The minimum atomic E-state index is -0.0593. The second-order valence-corrected chi connectivity index (χ2v) is 4.62.